The van der Waals surface area contributed by atoms with Crippen molar-refractivity contribution in [2.24, 2.45) is 0 Å². The van der Waals surface area contributed by atoms with Crippen LogP contribution >= 0.6 is 15.9 Å². The molecule has 4 rings (SSSR count). The summed E-state index contributed by atoms with van der Waals surface area (Å²) in [5.74, 6) is 1.55. The molecular formula is C19H13BrN4O3. The van der Waals surface area contributed by atoms with Crippen molar-refractivity contribution in [1.29, 1.82) is 0 Å². The Morgan fingerprint density at radius 2 is 1.78 bits per heavy atom. The van der Waals surface area contributed by atoms with E-state index in [4.69, 9.17) is 9.15 Å². The van der Waals surface area contributed by atoms with Gasteiger partial charge in [-0.1, -0.05) is 0 Å². The van der Waals surface area contributed by atoms with Crippen LogP contribution in [0.3, 0.4) is 0 Å². The molecule has 0 fully saturated rings. The Kier molecular flexibility index (Phi) is 4.71. The fraction of sp³-hybridized carbons (Fsp3) is 0. The molecule has 0 aliphatic carbocycles. The highest BCUT2D eigenvalue weighted by Gasteiger charge is 2.10. The third-order valence-corrected chi connectivity index (χ3v) is 4.05. The van der Waals surface area contributed by atoms with Gasteiger partial charge in [-0.25, -0.2) is 0 Å². The van der Waals surface area contributed by atoms with Gasteiger partial charge in [0, 0.05) is 24.1 Å². The van der Waals surface area contributed by atoms with Gasteiger partial charge < -0.3 is 19.0 Å². The zero-order valence-corrected chi connectivity index (χ0v) is 15.5. The average Bonchev–Trinajstić information content (AvgIpc) is 3.36. The monoisotopic (exact) mass is 424 g/mol. The Balaban J connectivity index is 1.39. The van der Waals surface area contributed by atoms with Crippen molar-refractivity contribution in [3.05, 3.63) is 83.5 Å². The number of ether oxygens (including phenoxy) is 1. The number of hydrogen-bond donors (Lipinski definition) is 1. The number of benzene rings is 1. The maximum atomic E-state index is 12.1. The number of carbonyl (C=O) groups excluding carboxylic acids is 1. The Morgan fingerprint density at radius 1 is 1.00 bits per heavy atom. The van der Waals surface area contributed by atoms with Crippen LogP contribution in [0.4, 0.5) is 5.69 Å². The van der Waals surface area contributed by atoms with E-state index in [1.165, 1.54) is 0 Å². The molecule has 134 valence electrons. The number of anilines is 1. The van der Waals surface area contributed by atoms with Crippen molar-refractivity contribution < 1.29 is 13.9 Å². The molecule has 0 radical (unpaired) electrons. The summed E-state index contributed by atoms with van der Waals surface area (Å²) in [4.78, 5) is 12.1. The summed E-state index contributed by atoms with van der Waals surface area (Å²) in [6.07, 6.45) is 3.78. The minimum atomic E-state index is -0.333. The average molecular weight is 425 g/mol. The van der Waals surface area contributed by atoms with Crippen LogP contribution in [0.25, 0.3) is 5.82 Å². The fourth-order valence-corrected chi connectivity index (χ4v) is 2.66. The van der Waals surface area contributed by atoms with Crippen molar-refractivity contribution in [3.8, 4) is 17.4 Å². The van der Waals surface area contributed by atoms with E-state index in [0.717, 1.165) is 0 Å². The summed E-state index contributed by atoms with van der Waals surface area (Å²) in [6, 6.07) is 17.6. The van der Waals surface area contributed by atoms with E-state index >= 15 is 0 Å². The third-order valence-electron chi connectivity index (χ3n) is 3.63. The predicted octanol–water partition coefficient (Wildman–Crippen LogP) is 4.67. The van der Waals surface area contributed by atoms with Crippen molar-refractivity contribution in [2.45, 2.75) is 0 Å². The lowest BCUT2D eigenvalue weighted by atomic mass is 10.3. The third kappa shape index (κ3) is 4.06. The second-order valence-corrected chi connectivity index (χ2v) is 6.29. The summed E-state index contributed by atoms with van der Waals surface area (Å²) in [7, 11) is 0. The van der Waals surface area contributed by atoms with E-state index in [-0.39, 0.29) is 11.7 Å². The summed E-state index contributed by atoms with van der Waals surface area (Å²) >= 11 is 3.17. The van der Waals surface area contributed by atoms with Crippen LogP contribution in [0.15, 0.2) is 82.1 Å². The standard InChI is InChI=1S/C19H13BrN4O3/c20-16-8-7-15(27-16)19(25)21-13-3-5-14(6-4-13)26-18-10-9-17(22-23-18)24-11-1-2-12-24/h1-12H,(H,21,25). The number of aromatic nitrogens is 3. The minimum absolute atomic E-state index is 0.222. The highest BCUT2D eigenvalue weighted by atomic mass is 79.9. The number of furan rings is 1. The fourth-order valence-electron chi connectivity index (χ4n) is 2.35. The quantitative estimate of drug-likeness (QED) is 0.503. The second-order valence-electron chi connectivity index (χ2n) is 5.50. The molecule has 0 saturated carbocycles. The summed E-state index contributed by atoms with van der Waals surface area (Å²) < 4.78 is 13.3. The number of halogens is 1. The molecule has 1 aromatic carbocycles. The first-order chi connectivity index (χ1) is 13.2. The van der Waals surface area contributed by atoms with Gasteiger partial charge in [0.1, 0.15) is 5.75 Å². The summed E-state index contributed by atoms with van der Waals surface area (Å²) in [6.45, 7) is 0. The van der Waals surface area contributed by atoms with Gasteiger partial charge in [0.15, 0.2) is 16.2 Å². The number of rotatable bonds is 5. The molecule has 3 aromatic heterocycles. The van der Waals surface area contributed by atoms with Gasteiger partial charge in [-0.2, -0.15) is 0 Å². The van der Waals surface area contributed by atoms with E-state index in [1.54, 1.807) is 42.5 Å². The predicted molar refractivity (Wildman–Crippen MR) is 102 cm³/mol. The normalized spacial score (nSPS) is 10.6. The van der Waals surface area contributed by atoms with Crippen molar-refractivity contribution in [2.75, 3.05) is 5.32 Å². The van der Waals surface area contributed by atoms with Gasteiger partial charge in [-0.15, -0.1) is 10.2 Å². The maximum absolute atomic E-state index is 12.1. The van der Waals surface area contributed by atoms with Crippen LogP contribution < -0.4 is 10.1 Å². The van der Waals surface area contributed by atoms with Crippen molar-refractivity contribution in [3.63, 3.8) is 0 Å². The molecule has 27 heavy (non-hydrogen) atoms. The van der Waals surface area contributed by atoms with Crippen LogP contribution in [0.2, 0.25) is 0 Å². The molecule has 1 amide bonds. The molecular weight excluding hydrogens is 412 g/mol. The molecule has 1 N–H and O–H groups in total. The highest BCUT2D eigenvalue weighted by Crippen LogP contribution is 2.22. The van der Waals surface area contributed by atoms with Gasteiger partial charge in [0.2, 0.25) is 5.88 Å². The molecule has 0 aliphatic rings. The van der Waals surface area contributed by atoms with Gasteiger partial charge in [-0.05, 0) is 70.5 Å². The molecule has 0 atom stereocenters. The van der Waals surface area contributed by atoms with E-state index in [0.29, 0.717) is 27.8 Å². The number of amides is 1. The number of nitrogens with one attached hydrogen (secondary N) is 1. The molecule has 8 heteroatoms. The smallest absolute Gasteiger partial charge is 0.291 e. The Morgan fingerprint density at radius 3 is 2.41 bits per heavy atom. The molecule has 0 bridgehead atoms. The number of nitrogens with zero attached hydrogens (tertiary/aromatic N) is 3. The van der Waals surface area contributed by atoms with E-state index < -0.39 is 0 Å². The first-order valence-electron chi connectivity index (χ1n) is 7.99. The number of hydrogen-bond acceptors (Lipinski definition) is 5. The van der Waals surface area contributed by atoms with Gasteiger partial charge in [0.25, 0.3) is 5.91 Å². The summed E-state index contributed by atoms with van der Waals surface area (Å²) in [5.41, 5.74) is 0.619. The first-order valence-corrected chi connectivity index (χ1v) is 8.78. The van der Waals surface area contributed by atoms with Crippen LogP contribution in [-0.2, 0) is 0 Å². The Labute approximate surface area is 162 Å². The molecule has 0 aliphatic heterocycles. The lowest BCUT2D eigenvalue weighted by molar-refractivity contribution is 0.0995. The molecule has 4 aromatic rings. The molecule has 0 saturated heterocycles. The van der Waals surface area contributed by atoms with Gasteiger partial charge in [-0.3, -0.25) is 4.79 Å². The largest absolute Gasteiger partial charge is 0.444 e. The molecule has 0 spiro atoms. The first kappa shape index (κ1) is 17.0. The SMILES string of the molecule is O=C(Nc1ccc(Oc2ccc(-n3cccc3)nn2)cc1)c1ccc(Br)o1. The minimum Gasteiger partial charge on any atom is -0.444 e. The van der Waals surface area contributed by atoms with E-state index in [1.807, 2.05) is 35.2 Å². The van der Waals surface area contributed by atoms with Crippen LogP contribution in [-0.4, -0.2) is 20.7 Å². The van der Waals surface area contributed by atoms with Crippen molar-refractivity contribution in [1.82, 2.24) is 14.8 Å². The van der Waals surface area contributed by atoms with Crippen LogP contribution in [0.1, 0.15) is 10.6 Å². The van der Waals surface area contributed by atoms with Crippen LogP contribution in [0, 0.1) is 0 Å². The van der Waals surface area contributed by atoms with Crippen LogP contribution in [0.5, 0.6) is 11.6 Å². The number of carbonyl (C=O) groups is 1. The molecule has 7 nitrogen and oxygen atoms in total. The lowest BCUT2D eigenvalue weighted by Crippen LogP contribution is -2.10. The van der Waals surface area contributed by atoms with E-state index in [2.05, 4.69) is 31.4 Å². The Bertz CT molecular complexity index is 1040. The van der Waals surface area contributed by atoms with Crippen molar-refractivity contribution >= 4 is 27.5 Å². The lowest BCUT2D eigenvalue weighted by Gasteiger charge is -2.07. The molecule has 3 heterocycles. The Hall–Kier alpha value is -3.39. The second kappa shape index (κ2) is 7.46. The van der Waals surface area contributed by atoms with Gasteiger partial charge in [0.05, 0.1) is 0 Å². The van der Waals surface area contributed by atoms with E-state index in [9.17, 15) is 4.79 Å². The highest BCUT2D eigenvalue weighted by molar-refractivity contribution is 9.10. The topological polar surface area (TPSA) is 82.2 Å². The molecule has 0 unspecified atom stereocenters. The zero-order chi connectivity index (χ0) is 18.6. The zero-order valence-electron chi connectivity index (χ0n) is 13.9. The maximum Gasteiger partial charge on any atom is 0.291 e. The summed E-state index contributed by atoms with van der Waals surface area (Å²) in [5, 5.41) is 10.9. The van der Waals surface area contributed by atoms with Gasteiger partial charge >= 0.3 is 0 Å².